The SMILES string of the molecule is CC(C)(C)CC(=O)N1CCC(Oc2nc3ccccc3s2)CC1. The number of nitrogens with zero attached hydrogens (tertiary/aromatic N) is 2. The lowest BCUT2D eigenvalue weighted by atomic mass is 9.91. The van der Waals surface area contributed by atoms with E-state index in [1.165, 1.54) is 0 Å². The number of para-hydroxylation sites is 1. The Balaban J connectivity index is 1.54. The van der Waals surface area contributed by atoms with E-state index >= 15 is 0 Å². The van der Waals surface area contributed by atoms with E-state index in [0.29, 0.717) is 6.42 Å². The monoisotopic (exact) mass is 332 g/mol. The van der Waals surface area contributed by atoms with Crippen LogP contribution in [0, 0.1) is 5.41 Å². The van der Waals surface area contributed by atoms with Gasteiger partial charge in [0.05, 0.1) is 10.2 Å². The van der Waals surface area contributed by atoms with Crippen molar-refractivity contribution in [1.82, 2.24) is 9.88 Å². The Morgan fingerprint density at radius 2 is 2.00 bits per heavy atom. The largest absolute Gasteiger partial charge is 0.467 e. The van der Waals surface area contributed by atoms with Crippen molar-refractivity contribution in [2.45, 2.75) is 46.1 Å². The van der Waals surface area contributed by atoms with Crippen LogP contribution in [0.3, 0.4) is 0 Å². The van der Waals surface area contributed by atoms with E-state index in [9.17, 15) is 4.79 Å². The zero-order chi connectivity index (χ0) is 16.4. The first-order valence-electron chi connectivity index (χ1n) is 8.21. The van der Waals surface area contributed by atoms with Gasteiger partial charge in [0, 0.05) is 32.4 Å². The summed E-state index contributed by atoms with van der Waals surface area (Å²) in [6, 6.07) is 8.08. The summed E-state index contributed by atoms with van der Waals surface area (Å²) in [5, 5.41) is 0.741. The van der Waals surface area contributed by atoms with Crippen LogP contribution < -0.4 is 4.74 Å². The van der Waals surface area contributed by atoms with E-state index in [2.05, 4.69) is 31.8 Å². The summed E-state index contributed by atoms with van der Waals surface area (Å²) >= 11 is 1.59. The van der Waals surface area contributed by atoms with Crippen LogP contribution in [0.4, 0.5) is 0 Å². The predicted octanol–water partition coefficient (Wildman–Crippen LogP) is 4.10. The fourth-order valence-electron chi connectivity index (χ4n) is 2.83. The Bertz CT molecular complexity index is 649. The number of likely N-dealkylation sites (tertiary alicyclic amines) is 1. The Hall–Kier alpha value is -1.62. The van der Waals surface area contributed by atoms with Gasteiger partial charge in [0.2, 0.25) is 5.91 Å². The highest BCUT2D eigenvalue weighted by atomic mass is 32.1. The van der Waals surface area contributed by atoms with Gasteiger partial charge in [-0.3, -0.25) is 4.79 Å². The molecule has 124 valence electrons. The van der Waals surface area contributed by atoms with E-state index in [0.717, 1.165) is 41.3 Å². The maximum absolute atomic E-state index is 12.3. The van der Waals surface area contributed by atoms with Crippen molar-refractivity contribution >= 4 is 27.5 Å². The number of piperidine rings is 1. The molecule has 1 fully saturated rings. The second kappa shape index (κ2) is 6.48. The molecule has 0 spiro atoms. The molecular weight excluding hydrogens is 308 g/mol. The highest BCUT2D eigenvalue weighted by molar-refractivity contribution is 7.20. The van der Waals surface area contributed by atoms with E-state index in [4.69, 9.17) is 4.74 Å². The van der Waals surface area contributed by atoms with Gasteiger partial charge in [0.1, 0.15) is 6.10 Å². The van der Waals surface area contributed by atoms with Crippen molar-refractivity contribution in [3.63, 3.8) is 0 Å². The van der Waals surface area contributed by atoms with Crippen LogP contribution in [0.15, 0.2) is 24.3 Å². The summed E-state index contributed by atoms with van der Waals surface area (Å²) in [5.41, 5.74) is 1.04. The number of hydrogen-bond donors (Lipinski definition) is 0. The number of rotatable bonds is 3. The summed E-state index contributed by atoms with van der Waals surface area (Å²) in [4.78, 5) is 18.8. The number of fused-ring (bicyclic) bond motifs is 1. The van der Waals surface area contributed by atoms with E-state index in [-0.39, 0.29) is 17.4 Å². The zero-order valence-corrected chi connectivity index (χ0v) is 14.9. The van der Waals surface area contributed by atoms with Gasteiger partial charge in [-0.25, -0.2) is 4.98 Å². The number of carbonyl (C=O) groups excluding carboxylic acids is 1. The van der Waals surface area contributed by atoms with Crippen LogP contribution >= 0.6 is 11.3 Å². The minimum atomic E-state index is 0.0471. The normalized spacial score (nSPS) is 16.7. The summed E-state index contributed by atoms with van der Waals surface area (Å²) in [7, 11) is 0. The fourth-order valence-corrected chi connectivity index (χ4v) is 3.71. The second-order valence-corrected chi connectivity index (χ2v) is 8.38. The molecule has 23 heavy (non-hydrogen) atoms. The summed E-state index contributed by atoms with van der Waals surface area (Å²) in [6.07, 6.45) is 2.53. The van der Waals surface area contributed by atoms with Gasteiger partial charge in [-0.1, -0.05) is 44.2 Å². The zero-order valence-electron chi connectivity index (χ0n) is 14.0. The number of amides is 1. The smallest absolute Gasteiger partial charge is 0.274 e. The van der Waals surface area contributed by atoms with Crippen LogP contribution in [0.1, 0.15) is 40.0 Å². The molecule has 4 nitrogen and oxygen atoms in total. The van der Waals surface area contributed by atoms with Crippen molar-refractivity contribution in [3.05, 3.63) is 24.3 Å². The number of thiazole rings is 1. The van der Waals surface area contributed by atoms with E-state index in [1.54, 1.807) is 11.3 Å². The average molecular weight is 332 g/mol. The molecule has 1 aliphatic heterocycles. The van der Waals surface area contributed by atoms with Crippen LogP contribution in [-0.4, -0.2) is 35.0 Å². The highest BCUT2D eigenvalue weighted by Gasteiger charge is 2.27. The highest BCUT2D eigenvalue weighted by Crippen LogP contribution is 2.30. The molecule has 0 saturated carbocycles. The summed E-state index contributed by atoms with van der Waals surface area (Å²) in [5.74, 6) is 0.260. The molecule has 1 aliphatic rings. The van der Waals surface area contributed by atoms with Gasteiger partial charge >= 0.3 is 0 Å². The molecule has 2 aromatic rings. The predicted molar refractivity (Wildman–Crippen MR) is 93.9 cm³/mol. The minimum absolute atomic E-state index is 0.0471. The third-order valence-electron chi connectivity index (χ3n) is 4.02. The van der Waals surface area contributed by atoms with Gasteiger partial charge in [-0.05, 0) is 17.5 Å². The molecule has 3 rings (SSSR count). The molecule has 5 heteroatoms. The van der Waals surface area contributed by atoms with E-state index in [1.807, 2.05) is 23.1 Å². The van der Waals surface area contributed by atoms with Gasteiger partial charge in [0.25, 0.3) is 5.19 Å². The second-order valence-electron chi connectivity index (χ2n) is 7.38. The van der Waals surface area contributed by atoms with Crippen molar-refractivity contribution in [3.8, 4) is 5.19 Å². The average Bonchev–Trinajstić information content (AvgIpc) is 2.88. The molecule has 1 aromatic carbocycles. The molecule has 0 bridgehead atoms. The molecule has 0 N–H and O–H groups in total. The Morgan fingerprint density at radius 1 is 1.30 bits per heavy atom. The lowest BCUT2D eigenvalue weighted by Crippen LogP contribution is -2.42. The molecule has 1 aromatic heterocycles. The summed E-state index contributed by atoms with van der Waals surface area (Å²) in [6.45, 7) is 7.88. The van der Waals surface area contributed by atoms with Gasteiger partial charge < -0.3 is 9.64 Å². The third kappa shape index (κ3) is 4.22. The maximum atomic E-state index is 12.3. The van der Waals surface area contributed by atoms with Crippen LogP contribution in [-0.2, 0) is 4.79 Å². The lowest BCUT2D eigenvalue weighted by Gasteiger charge is -2.33. The standard InChI is InChI=1S/C18H24N2O2S/c1-18(2,3)12-16(21)20-10-8-13(9-11-20)22-17-19-14-6-4-5-7-15(14)23-17/h4-7,13H,8-12H2,1-3H3. The van der Waals surface area contributed by atoms with Crippen molar-refractivity contribution < 1.29 is 9.53 Å². The Morgan fingerprint density at radius 3 is 2.65 bits per heavy atom. The minimum Gasteiger partial charge on any atom is -0.467 e. The van der Waals surface area contributed by atoms with Crippen molar-refractivity contribution in [2.75, 3.05) is 13.1 Å². The number of hydrogen-bond acceptors (Lipinski definition) is 4. The molecular formula is C18H24N2O2S. The molecule has 2 heterocycles. The molecule has 0 radical (unpaired) electrons. The third-order valence-corrected chi connectivity index (χ3v) is 4.95. The summed E-state index contributed by atoms with van der Waals surface area (Å²) < 4.78 is 7.19. The molecule has 0 aliphatic carbocycles. The van der Waals surface area contributed by atoms with Gasteiger partial charge in [-0.2, -0.15) is 0 Å². The lowest BCUT2D eigenvalue weighted by molar-refractivity contribution is -0.134. The fraction of sp³-hybridized carbons (Fsp3) is 0.556. The number of ether oxygens (including phenoxy) is 1. The Labute approximate surface area is 141 Å². The topological polar surface area (TPSA) is 42.4 Å². The molecule has 0 unspecified atom stereocenters. The van der Waals surface area contributed by atoms with Crippen molar-refractivity contribution in [1.29, 1.82) is 0 Å². The molecule has 1 saturated heterocycles. The molecule has 1 amide bonds. The van der Waals surface area contributed by atoms with Crippen LogP contribution in [0.25, 0.3) is 10.2 Å². The first-order chi connectivity index (χ1) is 10.9. The first kappa shape index (κ1) is 16.2. The van der Waals surface area contributed by atoms with E-state index < -0.39 is 0 Å². The van der Waals surface area contributed by atoms with Gasteiger partial charge in [0.15, 0.2) is 0 Å². The quantitative estimate of drug-likeness (QED) is 0.850. The number of aromatic nitrogens is 1. The van der Waals surface area contributed by atoms with Gasteiger partial charge in [-0.15, -0.1) is 0 Å². The maximum Gasteiger partial charge on any atom is 0.274 e. The Kier molecular flexibility index (Phi) is 4.57. The number of carbonyl (C=O) groups is 1. The van der Waals surface area contributed by atoms with Crippen LogP contribution in [0.2, 0.25) is 0 Å². The van der Waals surface area contributed by atoms with Crippen molar-refractivity contribution in [2.24, 2.45) is 5.41 Å². The van der Waals surface area contributed by atoms with Crippen LogP contribution in [0.5, 0.6) is 5.19 Å². The first-order valence-corrected chi connectivity index (χ1v) is 9.02. The number of benzene rings is 1. The molecule has 0 atom stereocenters.